The molecule has 0 bridgehead atoms. The van der Waals surface area contributed by atoms with Gasteiger partial charge in [-0.25, -0.2) is 9.97 Å². The molecule has 0 amide bonds. The summed E-state index contributed by atoms with van der Waals surface area (Å²) in [4.78, 5) is 18.0. The second-order valence-corrected chi connectivity index (χ2v) is 5.83. The van der Waals surface area contributed by atoms with Gasteiger partial charge in [0.1, 0.15) is 5.82 Å². The lowest BCUT2D eigenvalue weighted by Gasteiger charge is -2.11. The van der Waals surface area contributed by atoms with Gasteiger partial charge >= 0.3 is 0 Å². The van der Waals surface area contributed by atoms with Crippen molar-refractivity contribution < 1.29 is 0 Å². The van der Waals surface area contributed by atoms with Gasteiger partial charge in [0.05, 0.1) is 17.8 Å². The molecule has 27 heavy (non-hydrogen) atoms. The number of anilines is 1. The fraction of sp³-hybridized carbons (Fsp3) is 0.182. The van der Waals surface area contributed by atoms with E-state index in [-0.39, 0.29) is 0 Å². The average Bonchev–Trinajstić information content (AvgIpc) is 2.75. The molecule has 1 aromatic carbocycles. The van der Waals surface area contributed by atoms with Crippen molar-refractivity contribution in [2.24, 2.45) is 0 Å². The third kappa shape index (κ3) is 4.44. The Balaban J connectivity index is 0.00000102. The number of hydrogen-bond donors (Lipinski definition) is 1. The van der Waals surface area contributed by atoms with Crippen LogP contribution in [0, 0.1) is 6.92 Å². The first kappa shape index (κ1) is 18.5. The first-order chi connectivity index (χ1) is 13.3. The molecule has 4 aromatic rings. The van der Waals surface area contributed by atoms with Gasteiger partial charge in [0, 0.05) is 29.5 Å². The Bertz CT molecular complexity index is 1000. The van der Waals surface area contributed by atoms with Crippen molar-refractivity contribution in [2.45, 2.75) is 27.3 Å². The quantitative estimate of drug-likeness (QED) is 0.555. The molecule has 1 N–H and O–H groups in total. The Hall–Kier alpha value is -3.34. The highest BCUT2D eigenvalue weighted by molar-refractivity contribution is 5.91. The van der Waals surface area contributed by atoms with Crippen molar-refractivity contribution in [1.29, 1.82) is 0 Å². The standard InChI is InChI=1S/C20H17N5.C2H6/c1-14-7-8-18-17(11-14)20(23-13-16-6-2-3-10-22-16)25-19(24-18)15-5-4-9-21-12-15;1-2/h2-12H,13H2,1H3,(H,23,24,25);1-2H3. The molecule has 0 aliphatic heterocycles. The van der Waals surface area contributed by atoms with Crippen LogP contribution in [0.1, 0.15) is 25.1 Å². The molecule has 0 aliphatic rings. The van der Waals surface area contributed by atoms with Crippen LogP contribution < -0.4 is 5.32 Å². The lowest BCUT2D eigenvalue weighted by Crippen LogP contribution is -2.05. The summed E-state index contributed by atoms with van der Waals surface area (Å²) in [5, 5.41) is 4.41. The summed E-state index contributed by atoms with van der Waals surface area (Å²) in [6.07, 6.45) is 5.31. The SMILES string of the molecule is CC.Cc1ccc2nc(-c3cccnc3)nc(NCc3ccccn3)c2c1. The zero-order chi connectivity index (χ0) is 19.1. The monoisotopic (exact) mass is 357 g/mol. The Labute approximate surface area is 159 Å². The Morgan fingerprint density at radius 3 is 2.56 bits per heavy atom. The van der Waals surface area contributed by atoms with E-state index >= 15 is 0 Å². The van der Waals surface area contributed by atoms with Crippen molar-refractivity contribution in [1.82, 2.24) is 19.9 Å². The average molecular weight is 357 g/mol. The third-order valence-electron chi connectivity index (χ3n) is 3.93. The van der Waals surface area contributed by atoms with Gasteiger partial charge in [0.2, 0.25) is 0 Å². The van der Waals surface area contributed by atoms with E-state index in [9.17, 15) is 0 Å². The van der Waals surface area contributed by atoms with Crippen molar-refractivity contribution >= 4 is 16.7 Å². The molecule has 0 fully saturated rings. The Kier molecular flexibility index (Phi) is 6.05. The van der Waals surface area contributed by atoms with E-state index in [0.717, 1.165) is 28.0 Å². The van der Waals surface area contributed by atoms with E-state index in [2.05, 4.69) is 34.3 Å². The number of nitrogens with one attached hydrogen (secondary N) is 1. The minimum atomic E-state index is 0.605. The van der Waals surface area contributed by atoms with Gasteiger partial charge in [-0.1, -0.05) is 31.5 Å². The number of fused-ring (bicyclic) bond motifs is 1. The van der Waals surface area contributed by atoms with Crippen LogP contribution in [-0.4, -0.2) is 19.9 Å². The molecule has 0 unspecified atom stereocenters. The van der Waals surface area contributed by atoms with E-state index in [0.29, 0.717) is 12.4 Å². The molecule has 4 rings (SSSR count). The van der Waals surface area contributed by atoms with Crippen LogP contribution in [0.5, 0.6) is 0 Å². The number of benzene rings is 1. The number of pyridine rings is 2. The van der Waals surface area contributed by atoms with Crippen LogP contribution in [0.4, 0.5) is 5.82 Å². The second kappa shape index (κ2) is 8.85. The van der Waals surface area contributed by atoms with Gasteiger partial charge in [-0.3, -0.25) is 9.97 Å². The Morgan fingerprint density at radius 1 is 0.926 bits per heavy atom. The summed E-state index contributed by atoms with van der Waals surface area (Å²) in [5.74, 6) is 1.46. The van der Waals surface area contributed by atoms with Gasteiger partial charge in [-0.05, 0) is 43.3 Å². The molecule has 0 spiro atoms. The number of rotatable bonds is 4. The van der Waals surface area contributed by atoms with Gasteiger partial charge < -0.3 is 5.32 Å². The van der Waals surface area contributed by atoms with E-state index in [4.69, 9.17) is 9.97 Å². The van der Waals surface area contributed by atoms with Crippen molar-refractivity contribution in [3.8, 4) is 11.4 Å². The zero-order valence-corrected chi connectivity index (χ0v) is 15.8. The summed E-state index contributed by atoms with van der Waals surface area (Å²) < 4.78 is 0. The van der Waals surface area contributed by atoms with E-state index in [1.54, 1.807) is 18.6 Å². The molecule has 0 saturated heterocycles. The predicted molar refractivity (Wildman–Crippen MR) is 110 cm³/mol. The minimum absolute atomic E-state index is 0.605. The van der Waals surface area contributed by atoms with Gasteiger partial charge in [0.25, 0.3) is 0 Å². The second-order valence-electron chi connectivity index (χ2n) is 5.83. The van der Waals surface area contributed by atoms with Crippen LogP contribution in [0.2, 0.25) is 0 Å². The maximum Gasteiger partial charge on any atom is 0.163 e. The van der Waals surface area contributed by atoms with E-state index in [1.807, 2.05) is 50.2 Å². The molecule has 0 saturated carbocycles. The van der Waals surface area contributed by atoms with Crippen LogP contribution >= 0.6 is 0 Å². The molecular weight excluding hydrogens is 334 g/mol. The number of hydrogen-bond acceptors (Lipinski definition) is 5. The van der Waals surface area contributed by atoms with E-state index in [1.165, 1.54) is 5.56 Å². The lowest BCUT2D eigenvalue weighted by atomic mass is 10.1. The fourth-order valence-corrected chi connectivity index (χ4v) is 2.68. The summed E-state index contributed by atoms with van der Waals surface area (Å²) in [5.41, 5.74) is 3.93. The maximum absolute atomic E-state index is 4.74. The molecule has 5 heteroatoms. The molecule has 5 nitrogen and oxygen atoms in total. The summed E-state index contributed by atoms with van der Waals surface area (Å²) in [6.45, 7) is 6.67. The summed E-state index contributed by atoms with van der Waals surface area (Å²) >= 11 is 0. The zero-order valence-electron chi connectivity index (χ0n) is 15.8. The molecule has 0 atom stereocenters. The minimum Gasteiger partial charge on any atom is -0.364 e. The van der Waals surface area contributed by atoms with Crippen LogP contribution in [0.25, 0.3) is 22.3 Å². The number of aromatic nitrogens is 4. The molecule has 136 valence electrons. The van der Waals surface area contributed by atoms with Crippen molar-refractivity contribution in [3.05, 3.63) is 78.4 Å². The highest BCUT2D eigenvalue weighted by Crippen LogP contribution is 2.25. The summed E-state index contributed by atoms with van der Waals surface area (Å²) in [6, 6.07) is 15.9. The van der Waals surface area contributed by atoms with Gasteiger partial charge in [-0.2, -0.15) is 0 Å². The van der Waals surface area contributed by atoms with Crippen LogP contribution in [-0.2, 0) is 6.54 Å². The number of aryl methyl sites for hydroxylation is 1. The van der Waals surface area contributed by atoms with Crippen LogP contribution in [0.15, 0.2) is 67.1 Å². The normalized spacial score (nSPS) is 10.2. The smallest absolute Gasteiger partial charge is 0.163 e. The number of nitrogens with zero attached hydrogens (tertiary/aromatic N) is 4. The molecule has 3 aromatic heterocycles. The largest absolute Gasteiger partial charge is 0.364 e. The highest BCUT2D eigenvalue weighted by atomic mass is 15.0. The molecule has 0 aliphatic carbocycles. The molecular formula is C22H23N5. The Morgan fingerprint density at radius 2 is 1.81 bits per heavy atom. The molecule has 0 radical (unpaired) electrons. The van der Waals surface area contributed by atoms with E-state index < -0.39 is 0 Å². The first-order valence-electron chi connectivity index (χ1n) is 9.12. The van der Waals surface area contributed by atoms with Gasteiger partial charge in [0.15, 0.2) is 5.82 Å². The topological polar surface area (TPSA) is 63.6 Å². The maximum atomic E-state index is 4.74. The highest BCUT2D eigenvalue weighted by Gasteiger charge is 2.10. The van der Waals surface area contributed by atoms with Crippen molar-refractivity contribution in [3.63, 3.8) is 0 Å². The predicted octanol–water partition coefficient (Wildman–Crippen LogP) is 5.03. The van der Waals surface area contributed by atoms with Crippen molar-refractivity contribution in [2.75, 3.05) is 5.32 Å². The van der Waals surface area contributed by atoms with Gasteiger partial charge in [-0.15, -0.1) is 0 Å². The summed E-state index contributed by atoms with van der Waals surface area (Å²) in [7, 11) is 0. The fourth-order valence-electron chi connectivity index (χ4n) is 2.68. The third-order valence-corrected chi connectivity index (χ3v) is 3.93. The van der Waals surface area contributed by atoms with Crippen LogP contribution in [0.3, 0.4) is 0 Å². The lowest BCUT2D eigenvalue weighted by molar-refractivity contribution is 1.03. The first-order valence-corrected chi connectivity index (χ1v) is 9.12. The molecule has 3 heterocycles.